The third-order valence-corrected chi connectivity index (χ3v) is 3.71. The third kappa shape index (κ3) is 4.39. The van der Waals surface area contributed by atoms with Crippen LogP contribution in [0, 0.1) is 0 Å². The Morgan fingerprint density at radius 1 is 1.15 bits per heavy atom. The van der Waals surface area contributed by atoms with Crippen molar-refractivity contribution in [2.24, 2.45) is 0 Å². The van der Waals surface area contributed by atoms with E-state index in [1.165, 1.54) is 14.0 Å². The lowest BCUT2D eigenvalue weighted by molar-refractivity contribution is -0.114. The highest BCUT2D eigenvalue weighted by atomic mass is 32.1. The molecule has 0 aliphatic heterocycles. The molecule has 3 aromatic rings. The van der Waals surface area contributed by atoms with E-state index in [0.717, 1.165) is 0 Å². The summed E-state index contributed by atoms with van der Waals surface area (Å²) < 4.78 is 10.7. The molecular weight excluding hydrogens is 368 g/mol. The van der Waals surface area contributed by atoms with Gasteiger partial charge in [-0.2, -0.15) is 4.98 Å². The maximum Gasteiger partial charge on any atom is 0.302 e. The molecule has 138 valence electrons. The quantitative estimate of drug-likeness (QED) is 0.594. The van der Waals surface area contributed by atoms with Gasteiger partial charge in [-0.1, -0.05) is 12.1 Å². The molecule has 27 heavy (non-hydrogen) atoms. The molecule has 0 bridgehead atoms. The van der Waals surface area contributed by atoms with Gasteiger partial charge in [0.25, 0.3) is 5.91 Å². The zero-order valence-electron chi connectivity index (χ0n) is 14.5. The average Bonchev–Trinajstić information content (AvgIpc) is 3.02. The number of benzene rings is 2. The second kappa shape index (κ2) is 7.83. The van der Waals surface area contributed by atoms with Crippen LogP contribution < -0.4 is 20.7 Å². The van der Waals surface area contributed by atoms with Crippen molar-refractivity contribution in [3.05, 3.63) is 48.0 Å². The number of carbonyl (C=O) groups is 2. The van der Waals surface area contributed by atoms with Crippen molar-refractivity contribution in [2.75, 3.05) is 17.7 Å². The van der Waals surface area contributed by atoms with E-state index in [2.05, 4.69) is 20.9 Å². The number of amides is 2. The van der Waals surface area contributed by atoms with Crippen LogP contribution in [0.3, 0.4) is 0 Å². The first-order valence-electron chi connectivity index (χ1n) is 7.90. The molecule has 0 fully saturated rings. The molecule has 2 aromatic carbocycles. The number of nitrogens with one attached hydrogen (secondary N) is 3. The lowest BCUT2D eigenvalue weighted by Crippen LogP contribution is -2.34. The first kappa shape index (κ1) is 18.3. The summed E-state index contributed by atoms with van der Waals surface area (Å²) in [5, 5.41) is 7.96. The second-order valence-corrected chi connectivity index (χ2v) is 5.90. The number of nitrogens with zero attached hydrogens (tertiary/aromatic N) is 1. The summed E-state index contributed by atoms with van der Waals surface area (Å²) in [5.74, 6) is -0.174. The molecule has 0 unspecified atom stereocenters. The standard InChI is InChI=1S/C18H16N4O4S/c1-10(23)19-11-7-8-13-15(9-11)26-17(20-13)22-18(27)21-16(24)12-5-3-4-6-14(12)25-2/h3-9H,1-2H3,(H,19,23)(H2,20,21,22,24,27). The largest absolute Gasteiger partial charge is 0.496 e. The fourth-order valence-corrected chi connectivity index (χ4v) is 2.57. The number of thiocarbonyl (C=S) groups is 1. The number of hydrogen-bond donors (Lipinski definition) is 3. The highest BCUT2D eigenvalue weighted by Crippen LogP contribution is 2.22. The number of anilines is 2. The van der Waals surface area contributed by atoms with Crippen LogP contribution in [0.25, 0.3) is 11.1 Å². The van der Waals surface area contributed by atoms with Crippen molar-refractivity contribution in [2.45, 2.75) is 6.92 Å². The fourth-order valence-electron chi connectivity index (χ4n) is 2.39. The van der Waals surface area contributed by atoms with Crippen LogP contribution >= 0.6 is 12.2 Å². The summed E-state index contributed by atoms with van der Waals surface area (Å²) in [6.07, 6.45) is 0. The van der Waals surface area contributed by atoms with Gasteiger partial charge in [0.05, 0.1) is 12.7 Å². The number of carbonyl (C=O) groups excluding carboxylic acids is 2. The lowest BCUT2D eigenvalue weighted by atomic mass is 10.2. The summed E-state index contributed by atoms with van der Waals surface area (Å²) in [6.45, 7) is 1.42. The van der Waals surface area contributed by atoms with Gasteiger partial charge in [0.1, 0.15) is 11.3 Å². The lowest BCUT2D eigenvalue weighted by Gasteiger charge is -2.09. The van der Waals surface area contributed by atoms with E-state index in [4.69, 9.17) is 21.4 Å². The van der Waals surface area contributed by atoms with Crippen LogP contribution in [0.5, 0.6) is 5.75 Å². The van der Waals surface area contributed by atoms with Gasteiger partial charge >= 0.3 is 6.01 Å². The molecule has 0 aliphatic carbocycles. The summed E-state index contributed by atoms with van der Waals surface area (Å²) in [4.78, 5) is 27.7. The minimum atomic E-state index is -0.422. The van der Waals surface area contributed by atoms with Gasteiger partial charge in [-0.25, -0.2) is 0 Å². The van der Waals surface area contributed by atoms with Crippen molar-refractivity contribution < 1.29 is 18.7 Å². The summed E-state index contributed by atoms with van der Waals surface area (Å²) in [7, 11) is 1.48. The predicted octanol–water partition coefficient (Wildman–Crippen LogP) is 2.92. The average molecular weight is 384 g/mol. The van der Waals surface area contributed by atoms with Crippen LogP contribution in [0.1, 0.15) is 17.3 Å². The van der Waals surface area contributed by atoms with Gasteiger partial charge in [-0.05, 0) is 36.5 Å². The monoisotopic (exact) mass is 384 g/mol. The Kier molecular flexibility index (Phi) is 5.32. The Balaban J connectivity index is 1.70. The molecular formula is C18H16N4O4S. The van der Waals surface area contributed by atoms with Gasteiger partial charge in [0.2, 0.25) is 5.91 Å². The number of para-hydroxylation sites is 1. The van der Waals surface area contributed by atoms with Crippen molar-refractivity contribution in [1.29, 1.82) is 0 Å². The molecule has 3 rings (SSSR count). The first-order chi connectivity index (χ1) is 13.0. The van der Waals surface area contributed by atoms with Gasteiger partial charge < -0.3 is 14.5 Å². The zero-order chi connectivity index (χ0) is 19.4. The number of rotatable bonds is 4. The Bertz CT molecular complexity index is 1030. The van der Waals surface area contributed by atoms with Crippen LogP contribution in [0.4, 0.5) is 11.7 Å². The molecule has 0 radical (unpaired) electrons. The summed E-state index contributed by atoms with van der Waals surface area (Å²) in [5.41, 5.74) is 1.97. The maximum atomic E-state index is 12.3. The minimum Gasteiger partial charge on any atom is -0.496 e. The van der Waals surface area contributed by atoms with E-state index in [1.54, 1.807) is 42.5 Å². The number of fused-ring (bicyclic) bond motifs is 1. The number of ether oxygens (including phenoxy) is 1. The normalized spacial score (nSPS) is 10.3. The molecule has 0 saturated heterocycles. The molecule has 1 aromatic heterocycles. The van der Waals surface area contributed by atoms with Crippen LogP contribution in [-0.2, 0) is 4.79 Å². The number of hydrogen-bond acceptors (Lipinski definition) is 6. The zero-order valence-corrected chi connectivity index (χ0v) is 15.3. The number of oxazole rings is 1. The van der Waals surface area contributed by atoms with Crippen LogP contribution in [0.15, 0.2) is 46.9 Å². The van der Waals surface area contributed by atoms with E-state index < -0.39 is 5.91 Å². The SMILES string of the molecule is COc1ccccc1C(=O)NC(=S)Nc1nc2ccc(NC(C)=O)cc2o1. The van der Waals surface area contributed by atoms with E-state index in [9.17, 15) is 9.59 Å². The van der Waals surface area contributed by atoms with Crippen LogP contribution in [-0.4, -0.2) is 29.0 Å². The molecule has 0 aliphatic rings. The fraction of sp³-hybridized carbons (Fsp3) is 0.111. The summed E-state index contributed by atoms with van der Waals surface area (Å²) in [6, 6.07) is 12.0. The van der Waals surface area contributed by atoms with E-state index >= 15 is 0 Å². The van der Waals surface area contributed by atoms with Gasteiger partial charge in [0.15, 0.2) is 10.7 Å². The van der Waals surface area contributed by atoms with Crippen molar-refractivity contribution in [3.63, 3.8) is 0 Å². The third-order valence-electron chi connectivity index (χ3n) is 3.51. The second-order valence-electron chi connectivity index (χ2n) is 5.49. The van der Waals surface area contributed by atoms with Gasteiger partial charge in [0, 0.05) is 18.7 Å². The van der Waals surface area contributed by atoms with Crippen molar-refractivity contribution >= 4 is 51.9 Å². The Hall–Kier alpha value is -3.46. The number of methoxy groups -OCH3 is 1. The molecule has 3 N–H and O–H groups in total. The first-order valence-corrected chi connectivity index (χ1v) is 8.30. The van der Waals surface area contributed by atoms with Crippen molar-refractivity contribution in [1.82, 2.24) is 10.3 Å². The van der Waals surface area contributed by atoms with E-state index in [1.807, 2.05) is 0 Å². The topological polar surface area (TPSA) is 105 Å². The smallest absolute Gasteiger partial charge is 0.302 e. The highest BCUT2D eigenvalue weighted by molar-refractivity contribution is 7.80. The molecule has 1 heterocycles. The van der Waals surface area contributed by atoms with Gasteiger partial charge in [-0.3, -0.25) is 20.2 Å². The Labute approximate surface area is 159 Å². The Morgan fingerprint density at radius 2 is 1.93 bits per heavy atom. The molecule has 0 atom stereocenters. The number of aromatic nitrogens is 1. The molecule has 8 nitrogen and oxygen atoms in total. The predicted molar refractivity (Wildman–Crippen MR) is 105 cm³/mol. The van der Waals surface area contributed by atoms with E-state index in [0.29, 0.717) is 28.1 Å². The van der Waals surface area contributed by atoms with E-state index in [-0.39, 0.29) is 17.0 Å². The summed E-state index contributed by atoms with van der Waals surface area (Å²) >= 11 is 5.14. The van der Waals surface area contributed by atoms with Crippen LogP contribution in [0.2, 0.25) is 0 Å². The Morgan fingerprint density at radius 3 is 2.67 bits per heavy atom. The molecule has 0 saturated carbocycles. The minimum absolute atomic E-state index is 0.0274. The highest BCUT2D eigenvalue weighted by Gasteiger charge is 2.14. The van der Waals surface area contributed by atoms with Crippen molar-refractivity contribution in [3.8, 4) is 5.75 Å². The molecule has 2 amide bonds. The maximum absolute atomic E-state index is 12.3. The van der Waals surface area contributed by atoms with Gasteiger partial charge in [-0.15, -0.1) is 0 Å². The molecule has 9 heteroatoms. The molecule has 0 spiro atoms.